The highest BCUT2D eigenvalue weighted by Crippen LogP contribution is 2.25. The molecule has 5 heteroatoms. The number of nitriles is 1. The molecule has 3 nitrogen and oxygen atoms in total. The molecule has 1 aromatic rings. The van der Waals surface area contributed by atoms with Gasteiger partial charge in [0.05, 0.1) is 11.3 Å². The topological polar surface area (TPSA) is 52.9 Å². The monoisotopic (exact) mass is 254 g/mol. The Labute approximate surface area is 103 Å². The molecule has 1 N–H and O–H groups in total. The van der Waals surface area contributed by atoms with E-state index in [1.165, 1.54) is 0 Å². The molecule has 1 unspecified atom stereocenters. The zero-order chi connectivity index (χ0) is 12.0. The van der Waals surface area contributed by atoms with Crippen LogP contribution in [0.2, 0.25) is 0 Å². The van der Waals surface area contributed by atoms with Crippen molar-refractivity contribution >= 4 is 28.2 Å². The Bertz CT molecular complexity index is 426. The maximum absolute atomic E-state index is 10.9. The lowest BCUT2D eigenvalue weighted by atomic mass is 10.2. The Morgan fingerprint density at radius 3 is 2.88 bits per heavy atom. The van der Waals surface area contributed by atoms with E-state index in [2.05, 4.69) is 11.4 Å². The quantitative estimate of drug-likeness (QED) is 0.817. The molecule has 0 saturated heterocycles. The van der Waals surface area contributed by atoms with Crippen molar-refractivity contribution in [2.75, 3.05) is 30.1 Å². The first-order valence-corrected chi connectivity index (χ1v) is 7.75. The van der Waals surface area contributed by atoms with Crippen molar-refractivity contribution in [3.05, 3.63) is 23.8 Å². The molecule has 0 aliphatic heterocycles. The smallest absolute Gasteiger partial charge is 0.102 e. The predicted octanol–water partition coefficient (Wildman–Crippen LogP) is 2.07. The van der Waals surface area contributed by atoms with Gasteiger partial charge in [-0.15, -0.1) is 11.8 Å². The van der Waals surface area contributed by atoms with Crippen molar-refractivity contribution in [2.45, 2.75) is 4.90 Å². The first-order valence-electron chi connectivity index (χ1n) is 4.80. The first kappa shape index (κ1) is 13.1. The van der Waals surface area contributed by atoms with E-state index >= 15 is 0 Å². The van der Waals surface area contributed by atoms with Crippen LogP contribution in [-0.4, -0.2) is 29.0 Å². The number of anilines is 1. The van der Waals surface area contributed by atoms with Crippen molar-refractivity contribution in [1.29, 1.82) is 5.26 Å². The average molecular weight is 254 g/mol. The second kappa shape index (κ2) is 6.56. The summed E-state index contributed by atoms with van der Waals surface area (Å²) < 4.78 is 10.9. The van der Waals surface area contributed by atoms with Gasteiger partial charge in [0.2, 0.25) is 0 Å². The van der Waals surface area contributed by atoms with Crippen LogP contribution in [0.25, 0.3) is 0 Å². The highest BCUT2D eigenvalue weighted by atomic mass is 32.2. The third-order valence-corrected chi connectivity index (χ3v) is 3.62. The Kier molecular flexibility index (Phi) is 5.36. The second-order valence-corrected chi connectivity index (χ2v) is 5.60. The minimum Gasteiger partial charge on any atom is -0.383 e. The summed E-state index contributed by atoms with van der Waals surface area (Å²) in [6.45, 7) is 0.621. The van der Waals surface area contributed by atoms with E-state index < -0.39 is 10.8 Å². The van der Waals surface area contributed by atoms with Crippen molar-refractivity contribution in [2.24, 2.45) is 0 Å². The molecule has 0 fully saturated rings. The summed E-state index contributed by atoms with van der Waals surface area (Å²) in [7, 11) is -0.806. The molecule has 0 saturated carbocycles. The van der Waals surface area contributed by atoms with E-state index in [1.54, 1.807) is 18.0 Å². The number of nitrogens with zero attached hydrogens (tertiary/aromatic N) is 1. The van der Waals surface area contributed by atoms with E-state index in [4.69, 9.17) is 5.26 Å². The molecule has 0 amide bonds. The van der Waals surface area contributed by atoms with Gasteiger partial charge in [-0.3, -0.25) is 4.21 Å². The number of thioether (sulfide) groups is 1. The van der Waals surface area contributed by atoms with Crippen LogP contribution in [0.15, 0.2) is 23.1 Å². The molecular weight excluding hydrogens is 240 g/mol. The molecule has 1 atom stereocenters. The zero-order valence-corrected chi connectivity index (χ0v) is 11.0. The molecule has 0 aliphatic rings. The molecule has 86 valence electrons. The summed E-state index contributed by atoms with van der Waals surface area (Å²) in [4.78, 5) is 0.963. The molecule has 0 radical (unpaired) electrons. The normalized spacial score (nSPS) is 11.8. The molecular formula is C11H14N2OS2. The summed E-state index contributed by atoms with van der Waals surface area (Å²) >= 11 is 1.55. The Morgan fingerprint density at radius 1 is 1.56 bits per heavy atom. The van der Waals surface area contributed by atoms with Crippen LogP contribution in [-0.2, 0) is 10.8 Å². The largest absolute Gasteiger partial charge is 0.383 e. The average Bonchev–Trinajstić information content (AvgIpc) is 2.28. The molecule has 16 heavy (non-hydrogen) atoms. The van der Waals surface area contributed by atoms with Gasteiger partial charge in [0.15, 0.2) is 0 Å². The van der Waals surface area contributed by atoms with E-state index in [1.807, 2.05) is 24.5 Å². The maximum Gasteiger partial charge on any atom is 0.102 e. The first-order chi connectivity index (χ1) is 7.69. The Balaban J connectivity index is 2.80. The lowest BCUT2D eigenvalue weighted by Gasteiger charge is -2.09. The summed E-state index contributed by atoms with van der Waals surface area (Å²) in [6.07, 6.45) is 3.62. The van der Waals surface area contributed by atoms with E-state index in [0.29, 0.717) is 17.9 Å². The SMILES string of the molecule is CSc1cccc(NCCS(C)=O)c1C#N. The fourth-order valence-corrected chi connectivity index (χ4v) is 2.26. The second-order valence-electron chi connectivity index (χ2n) is 3.20. The van der Waals surface area contributed by atoms with Gasteiger partial charge in [0, 0.05) is 34.2 Å². The minimum absolute atomic E-state index is 0.592. The van der Waals surface area contributed by atoms with Gasteiger partial charge < -0.3 is 5.32 Å². The molecule has 1 rings (SSSR count). The molecule has 0 aromatic heterocycles. The zero-order valence-electron chi connectivity index (χ0n) is 9.32. The van der Waals surface area contributed by atoms with Gasteiger partial charge in [0.1, 0.15) is 6.07 Å². The molecule has 0 bridgehead atoms. The van der Waals surface area contributed by atoms with Gasteiger partial charge in [-0.2, -0.15) is 5.26 Å². The van der Waals surface area contributed by atoms with Gasteiger partial charge in [-0.25, -0.2) is 0 Å². The third-order valence-electron chi connectivity index (χ3n) is 2.06. The summed E-state index contributed by atoms with van der Waals surface area (Å²) in [6, 6.07) is 7.90. The van der Waals surface area contributed by atoms with Crippen LogP contribution in [0.4, 0.5) is 5.69 Å². The van der Waals surface area contributed by atoms with Crippen molar-refractivity contribution in [1.82, 2.24) is 0 Å². The van der Waals surface area contributed by atoms with Gasteiger partial charge in [-0.05, 0) is 18.4 Å². The van der Waals surface area contributed by atoms with Crippen LogP contribution < -0.4 is 5.32 Å². The van der Waals surface area contributed by atoms with Crippen LogP contribution >= 0.6 is 11.8 Å². The minimum atomic E-state index is -0.806. The van der Waals surface area contributed by atoms with Crippen LogP contribution in [0.1, 0.15) is 5.56 Å². The number of benzene rings is 1. The summed E-state index contributed by atoms with van der Waals surface area (Å²) in [5.41, 5.74) is 1.48. The fourth-order valence-electron chi connectivity index (χ4n) is 1.29. The van der Waals surface area contributed by atoms with Gasteiger partial charge >= 0.3 is 0 Å². The predicted molar refractivity (Wildman–Crippen MR) is 70.4 cm³/mol. The van der Waals surface area contributed by atoms with Crippen molar-refractivity contribution < 1.29 is 4.21 Å². The number of nitrogens with one attached hydrogen (secondary N) is 1. The van der Waals surface area contributed by atoms with E-state index in [9.17, 15) is 4.21 Å². The van der Waals surface area contributed by atoms with Crippen LogP contribution in [0.5, 0.6) is 0 Å². The maximum atomic E-state index is 10.9. The molecule has 0 aliphatic carbocycles. The number of hydrogen-bond acceptors (Lipinski definition) is 4. The van der Waals surface area contributed by atoms with Crippen molar-refractivity contribution in [3.8, 4) is 6.07 Å². The summed E-state index contributed by atoms with van der Waals surface area (Å²) in [5, 5.41) is 12.2. The number of rotatable bonds is 5. The van der Waals surface area contributed by atoms with E-state index in [-0.39, 0.29) is 0 Å². The van der Waals surface area contributed by atoms with Crippen molar-refractivity contribution in [3.63, 3.8) is 0 Å². The number of hydrogen-bond donors (Lipinski definition) is 1. The lowest BCUT2D eigenvalue weighted by molar-refractivity contribution is 0.687. The molecule has 0 spiro atoms. The molecule has 0 heterocycles. The summed E-state index contributed by atoms with van der Waals surface area (Å²) in [5.74, 6) is 0.592. The third kappa shape index (κ3) is 3.54. The fraction of sp³-hybridized carbons (Fsp3) is 0.364. The van der Waals surface area contributed by atoms with Gasteiger partial charge in [0.25, 0.3) is 0 Å². The van der Waals surface area contributed by atoms with Gasteiger partial charge in [-0.1, -0.05) is 6.07 Å². The lowest BCUT2D eigenvalue weighted by Crippen LogP contribution is -2.10. The highest BCUT2D eigenvalue weighted by Gasteiger charge is 2.06. The highest BCUT2D eigenvalue weighted by molar-refractivity contribution is 7.98. The van der Waals surface area contributed by atoms with Crippen LogP contribution in [0, 0.1) is 11.3 Å². The van der Waals surface area contributed by atoms with E-state index in [0.717, 1.165) is 10.6 Å². The standard InChI is InChI=1S/C11H14N2OS2/c1-15-11-5-3-4-10(9(11)8-12)13-6-7-16(2)14/h3-5,13H,6-7H2,1-2H3. The molecule has 1 aromatic carbocycles. The van der Waals surface area contributed by atoms with Crippen LogP contribution in [0.3, 0.4) is 0 Å². The Hall–Kier alpha value is -0.990. The Morgan fingerprint density at radius 2 is 2.31 bits per heavy atom.